The van der Waals surface area contributed by atoms with Crippen LogP contribution in [0.15, 0.2) is 16.9 Å². The van der Waals surface area contributed by atoms with Crippen LogP contribution in [0.5, 0.6) is 5.88 Å². The quantitative estimate of drug-likeness (QED) is 0.889. The number of fused-ring (bicyclic) bond motifs is 1. The third-order valence-corrected chi connectivity index (χ3v) is 4.24. The number of nitrogens with one attached hydrogen (secondary N) is 2. The van der Waals surface area contributed by atoms with Gasteiger partial charge in [0.2, 0.25) is 5.88 Å². The van der Waals surface area contributed by atoms with Crippen molar-refractivity contribution in [3.8, 4) is 5.88 Å². The summed E-state index contributed by atoms with van der Waals surface area (Å²) < 4.78 is 5.51. The van der Waals surface area contributed by atoms with Crippen molar-refractivity contribution in [2.45, 2.75) is 39.5 Å². The number of anilines is 1. The van der Waals surface area contributed by atoms with Gasteiger partial charge in [-0.25, -0.2) is 4.98 Å². The molecule has 0 atom stereocenters. The Labute approximate surface area is 130 Å². The molecule has 2 N–H and O–H groups in total. The normalized spacial score (nSPS) is 15.4. The molecule has 2 aromatic heterocycles. The van der Waals surface area contributed by atoms with E-state index in [1.165, 1.54) is 25.7 Å². The Kier molecular flexibility index (Phi) is 4.32. The number of ether oxygens (including phenoxy) is 1. The molecule has 1 saturated carbocycles. The van der Waals surface area contributed by atoms with Crippen LogP contribution in [-0.2, 0) is 0 Å². The summed E-state index contributed by atoms with van der Waals surface area (Å²) in [5, 5.41) is 3.90. The molecule has 1 aliphatic carbocycles. The summed E-state index contributed by atoms with van der Waals surface area (Å²) in [6, 6.07) is 3.50. The van der Waals surface area contributed by atoms with Crippen LogP contribution in [0.3, 0.4) is 0 Å². The van der Waals surface area contributed by atoms with E-state index in [-0.39, 0.29) is 5.43 Å². The fourth-order valence-electron chi connectivity index (χ4n) is 3.17. The Balaban J connectivity index is 1.91. The number of hydrogen-bond acceptors (Lipinski definition) is 4. The predicted octanol–water partition coefficient (Wildman–Crippen LogP) is 3.23. The Morgan fingerprint density at radius 3 is 2.86 bits per heavy atom. The van der Waals surface area contributed by atoms with Crippen molar-refractivity contribution in [2.24, 2.45) is 5.92 Å². The fraction of sp³-hybridized carbons (Fsp3) is 0.529. The van der Waals surface area contributed by atoms with Gasteiger partial charge in [-0.2, -0.15) is 0 Å². The monoisotopic (exact) mass is 301 g/mol. The summed E-state index contributed by atoms with van der Waals surface area (Å²) in [6.07, 6.45) is 5.21. The molecule has 0 spiro atoms. The summed E-state index contributed by atoms with van der Waals surface area (Å²) in [5.74, 6) is 1.91. The second-order valence-corrected chi connectivity index (χ2v) is 6.00. The lowest BCUT2D eigenvalue weighted by Crippen LogP contribution is -2.15. The molecule has 1 fully saturated rings. The molecule has 1 aliphatic rings. The van der Waals surface area contributed by atoms with E-state index in [2.05, 4.69) is 15.3 Å². The first-order valence-electron chi connectivity index (χ1n) is 8.08. The van der Waals surface area contributed by atoms with E-state index < -0.39 is 0 Å². The van der Waals surface area contributed by atoms with Crippen LogP contribution in [0.4, 0.5) is 5.82 Å². The zero-order chi connectivity index (χ0) is 15.5. The van der Waals surface area contributed by atoms with Crippen molar-refractivity contribution in [3.63, 3.8) is 0 Å². The van der Waals surface area contributed by atoms with Gasteiger partial charge in [0.15, 0.2) is 5.43 Å². The van der Waals surface area contributed by atoms with Crippen LogP contribution in [0.1, 0.15) is 38.3 Å². The van der Waals surface area contributed by atoms with Gasteiger partial charge in [0.1, 0.15) is 11.2 Å². The van der Waals surface area contributed by atoms with Gasteiger partial charge in [-0.1, -0.05) is 12.8 Å². The van der Waals surface area contributed by atoms with Crippen LogP contribution in [0, 0.1) is 12.8 Å². The van der Waals surface area contributed by atoms with Crippen molar-refractivity contribution in [1.29, 1.82) is 0 Å². The van der Waals surface area contributed by atoms with E-state index >= 15 is 0 Å². The second kappa shape index (κ2) is 6.38. The fourth-order valence-corrected chi connectivity index (χ4v) is 3.17. The summed E-state index contributed by atoms with van der Waals surface area (Å²) in [4.78, 5) is 20.1. The number of pyridine rings is 2. The molecule has 2 aromatic rings. The first-order chi connectivity index (χ1) is 10.7. The Hall–Kier alpha value is -2.04. The highest BCUT2D eigenvalue weighted by molar-refractivity contribution is 5.85. The molecule has 0 aliphatic heterocycles. The molecule has 5 heteroatoms. The zero-order valence-electron chi connectivity index (χ0n) is 13.2. The van der Waals surface area contributed by atoms with E-state index in [1.807, 2.05) is 19.9 Å². The Morgan fingerprint density at radius 1 is 1.36 bits per heavy atom. The SMILES string of the molecule is CCOc1nc(C)cc2[nH]c(NCC3CCCC3)cc(=O)c12. The van der Waals surface area contributed by atoms with E-state index in [0.29, 0.717) is 17.9 Å². The molecule has 3 rings (SSSR count). The van der Waals surface area contributed by atoms with Gasteiger partial charge in [0.25, 0.3) is 0 Å². The van der Waals surface area contributed by atoms with Gasteiger partial charge < -0.3 is 15.0 Å². The maximum Gasteiger partial charge on any atom is 0.227 e. The zero-order valence-corrected chi connectivity index (χ0v) is 13.2. The molecular weight excluding hydrogens is 278 g/mol. The first kappa shape index (κ1) is 14.9. The maximum atomic E-state index is 12.4. The minimum Gasteiger partial charge on any atom is -0.477 e. The molecule has 5 nitrogen and oxygen atoms in total. The van der Waals surface area contributed by atoms with Crippen LogP contribution in [0.25, 0.3) is 10.9 Å². The molecule has 0 bridgehead atoms. The summed E-state index contributed by atoms with van der Waals surface area (Å²) in [6.45, 7) is 5.21. The maximum absolute atomic E-state index is 12.4. The highest BCUT2D eigenvalue weighted by Crippen LogP contribution is 2.25. The van der Waals surface area contributed by atoms with Gasteiger partial charge in [0, 0.05) is 18.3 Å². The van der Waals surface area contributed by atoms with Crippen molar-refractivity contribution < 1.29 is 4.74 Å². The molecule has 0 aromatic carbocycles. The van der Waals surface area contributed by atoms with Crippen LogP contribution in [-0.4, -0.2) is 23.1 Å². The topological polar surface area (TPSA) is 67.0 Å². The molecular formula is C17H23N3O2. The van der Waals surface area contributed by atoms with Gasteiger partial charge >= 0.3 is 0 Å². The molecule has 22 heavy (non-hydrogen) atoms. The lowest BCUT2D eigenvalue weighted by Gasteiger charge is -2.13. The van der Waals surface area contributed by atoms with Crippen LogP contribution in [0.2, 0.25) is 0 Å². The number of nitrogens with zero attached hydrogens (tertiary/aromatic N) is 1. The van der Waals surface area contributed by atoms with Gasteiger partial charge in [-0.15, -0.1) is 0 Å². The summed E-state index contributed by atoms with van der Waals surface area (Å²) in [5.41, 5.74) is 1.55. The van der Waals surface area contributed by atoms with Crippen molar-refractivity contribution in [2.75, 3.05) is 18.5 Å². The lowest BCUT2D eigenvalue weighted by atomic mass is 10.1. The minimum atomic E-state index is -0.0568. The van der Waals surface area contributed by atoms with Crippen molar-refractivity contribution in [3.05, 3.63) is 28.0 Å². The summed E-state index contributed by atoms with van der Waals surface area (Å²) in [7, 11) is 0. The number of aromatic nitrogens is 2. The van der Waals surface area contributed by atoms with Gasteiger partial charge in [-0.3, -0.25) is 4.79 Å². The van der Waals surface area contributed by atoms with Gasteiger partial charge in [0.05, 0.1) is 12.1 Å². The Bertz CT molecular complexity index is 718. The van der Waals surface area contributed by atoms with E-state index in [9.17, 15) is 4.79 Å². The van der Waals surface area contributed by atoms with E-state index in [1.54, 1.807) is 6.07 Å². The van der Waals surface area contributed by atoms with Crippen LogP contribution < -0.4 is 15.5 Å². The van der Waals surface area contributed by atoms with Gasteiger partial charge in [-0.05, 0) is 38.7 Å². The number of rotatable bonds is 5. The second-order valence-electron chi connectivity index (χ2n) is 6.00. The average molecular weight is 301 g/mol. The first-order valence-corrected chi connectivity index (χ1v) is 8.08. The third kappa shape index (κ3) is 3.08. The molecule has 0 amide bonds. The van der Waals surface area contributed by atoms with Crippen LogP contribution >= 0.6 is 0 Å². The smallest absolute Gasteiger partial charge is 0.227 e. The average Bonchev–Trinajstić information content (AvgIpc) is 2.97. The van der Waals surface area contributed by atoms with E-state index in [4.69, 9.17) is 4.74 Å². The molecule has 0 radical (unpaired) electrons. The molecule has 0 saturated heterocycles. The highest BCUT2D eigenvalue weighted by Gasteiger charge is 2.15. The highest BCUT2D eigenvalue weighted by atomic mass is 16.5. The third-order valence-electron chi connectivity index (χ3n) is 4.24. The minimum absolute atomic E-state index is 0.0568. The van der Waals surface area contributed by atoms with E-state index in [0.717, 1.165) is 29.5 Å². The Morgan fingerprint density at radius 2 is 2.14 bits per heavy atom. The number of H-pyrrole nitrogens is 1. The standard InChI is InChI=1S/C17H23N3O2/c1-3-22-17-16-13(8-11(2)19-17)20-15(9-14(16)21)18-10-12-6-4-5-7-12/h8-9,12H,3-7,10H2,1-2H3,(H2,18,20,21). The molecule has 118 valence electrons. The van der Waals surface area contributed by atoms with Crippen molar-refractivity contribution >= 4 is 16.7 Å². The number of aryl methyl sites for hydroxylation is 1. The lowest BCUT2D eigenvalue weighted by molar-refractivity contribution is 0.330. The molecule has 2 heterocycles. The largest absolute Gasteiger partial charge is 0.477 e. The van der Waals surface area contributed by atoms with Crippen molar-refractivity contribution in [1.82, 2.24) is 9.97 Å². The number of hydrogen-bond donors (Lipinski definition) is 2. The summed E-state index contributed by atoms with van der Waals surface area (Å²) >= 11 is 0. The predicted molar refractivity (Wildman–Crippen MR) is 88.7 cm³/mol. The molecule has 0 unspecified atom stereocenters. The number of aromatic amines is 1.